The lowest BCUT2D eigenvalue weighted by atomic mass is 10.0. The second-order valence-corrected chi connectivity index (χ2v) is 8.11. The van der Waals surface area contributed by atoms with Gasteiger partial charge in [0.2, 0.25) is 0 Å². The molecule has 1 atom stereocenters. The van der Waals surface area contributed by atoms with Crippen molar-refractivity contribution in [3.8, 4) is 5.75 Å². The van der Waals surface area contributed by atoms with Gasteiger partial charge in [-0.1, -0.05) is 0 Å². The molecule has 0 saturated heterocycles. The number of carboxylic acids is 1. The van der Waals surface area contributed by atoms with E-state index in [1.54, 1.807) is 18.2 Å². The molecule has 1 aromatic heterocycles. The summed E-state index contributed by atoms with van der Waals surface area (Å²) in [6, 6.07) is 5.04. The molecule has 106 valence electrons. The van der Waals surface area contributed by atoms with Gasteiger partial charge in [0.25, 0.3) is 0 Å². The summed E-state index contributed by atoms with van der Waals surface area (Å²) in [4.78, 5) is 11.2. The highest BCUT2D eigenvalue weighted by Gasteiger charge is 2.30. The number of ether oxygens (including phenoxy) is 1. The third-order valence-corrected chi connectivity index (χ3v) is 5.97. The van der Waals surface area contributed by atoms with Crippen molar-refractivity contribution < 1.29 is 23.1 Å². The lowest BCUT2D eigenvalue weighted by Gasteiger charge is -2.24. The molecule has 1 unspecified atom stereocenters. The Morgan fingerprint density at radius 3 is 2.80 bits per heavy atom. The van der Waals surface area contributed by atoms with E-state index in [2.05, 4.69) is 0 Å². The fourth-order valence-corrected chi connectivity index (χ4v) is 4.53. The molecule has 5 nitrogen and oxygen atoms in total. The van der Waals surface area contributed by atoms with Crippen LogP contribution in [-0.2, 0) is 9.84 Å². The van der Waals surface area contributed by atoms with Crippen LogP contribution in [0, 0.1) is 0 Å². The molecule has 2 heterocycles. The summed E-state index contributed by atoms with van der Waals surface area (Å²) in [5.74, 6) is -0.442. The number of sulfone groups is 1. The van der Waals surface area contributed by atoms with Crippen LogP contribution in [0.25, 0.3) is 10.1 Å². The van der Waals surface area contributed by atoms with Crippen molar-refractivity contribution in [2.45, 2.75) is 11.7 Å². The van der Waals surface area contributed by atoms with Gasteiger partial charge < -0.3 is 9.84 Å². The third-order valence-electron chi connectivity index (χ3n) is 3.36. The molecular weight excluding hydrogens is 300 g/mol. The number of hydrogen-bond acceptors (Lipinski definition) is 5. The van der Waals surface area contributed by atoms with Crippen molar-refractivity contribution in [2.24, 2.45) is 0 Å². The average molecular weight is 312 g/mol. The number of carbonyl (C=O) groups is 1. The summed E-state index contributed by atoms with van der Waals surface area (Å²) in [7, 11) is -3.21. The van der Waals surface area contributed by atoms with Crippen LogP contribution >= 0.6 is 11.3 Å². The minimum atomic E-state index is -3.21. The van der Waals surface area contributed by atoms with Gasteiger partial charge in [0.05, 0.1) is 11.9 Å². The number of thiophene rings is 1. The van der Waals surface area contributed by atoms with Gasteiger partial charge >= 0.3 is 5.97 Å². The zero-order valence-corrected chi connectivity index (χ0v) is 12.3. The maximum absolute atomic E-state index is 11.9. The molecule has 0 spiro atoms. The maximum atomic E-state index is 11.9. The summed E-state index contributed by atoms with van der Waals surface area (Å²) in [6.45, 7) is 0.355. The first-order chi connectivity index (χ1) is 9.36. The molecule has 0 aliphatic carbocycles. The number of carboxylic acid groups (broad SMARTS) is 1. The first kappa shape index (κ1) is 13.4. The van der Waals surface area contributed by atoms with Gasteiger partial charge in [0.1, 0.15) is 10.6 Å². The van der Waals surface area contributed by atoms with Gasteiger partial charge in [-0.15, -0.1) is 11.3 Å². The predicted molar refractivity (Wildman–Crippen MR) is 76.5 cm³/mol. The molecule has 3 rings (SSSR count). The SMILES string of the molecule is CS(=O)(=O)C1CCOc2cc3sc(C(=O)O)cc3cc21. The highest BCUT2D eigenvalue weighted by Crippen LogP contribution is 2.41. The van der Waals surface area contributed by atoms with E-state index < -0.39 is 21.1 Å². The predicted octanol–water partition coefficient (Wildman–Crippen LogP) is 2.47. The van der Waals surface area contributed by atoms with Crippen LogP contribution in [0.5, 0.6) is 5.75 Å². The zero-order chi connectivity index (χ0) is 14.5. The Labute approximate surface area is 119 Å². The van der Waals surface area contributed by atoms with Gasteiger partial charge in [-0.3, -0.25) is 0 Å². The molecule has 1 N–H and O–H groups in total. The number of hydrogen-bond donors (Lipinski definition) is 1. The lowest BCUT2D eigenvalue weighted by molar-refractivity contribution is 0.0702. The molecule has 1 aliphatic heterocycles. The molecule has 2 aromatic rings. The topological polar surface area (TPSA) is 80.7 Å². The van der Waals surface area contributed by atoms with Crippen molar-refractivity contribution in [1.29, 1.82) is 0 Å². The Hall–Kier alpha value is -1.60. The van der Waals surface area contributed by atoms with E-state index in [-0.39, 0.29) is 4.88 Å². The van der Waals surface area contributed by atoms with Gasteiger partial charge in [-0.05, 0) is 23.6 Å². The molecule has 0 fully saturated rings. The second kappa shape index (κ2) is 4.46. The number of benzene rings is 1. The second-order valence-electron chi connectivity index (χ2n) is 4.80. The molecular formula is C13H12O5S2. The van der Waals surface area contributed by atoms with Crippen LogP contribution in [0.15, 0.2) is 18.2 Å². The molecule has 1 aliphatic rings. The minimum Gasteiger partial charge on any atom is -0.493 e. The van der Waals surface area contributed by atoms with Crippen LogP contribution in [0.2, 0.25) is 0 Å². The summed E-state index contributed by atoms with van der Waals surface area (Å²) in [6.07, 6.45) is 1.64. The quantitative estimate of drug-likeness (QED) is 0.921. The Balaban J connectivity index is 2.22. The molecule has 0 saturated carbocycles. The molecule has 20 heavy (non-hydrogen) atoms. The van der Waals surface area contributed by atoms with Crippen LogP contribution in [-0.4, -0.2) is 32.4 Å². The van der Waals surface area contributed by atoms with E-state index in [1.165, 1.54) is 6.26 Å². The highest BCUT2D eigenvalue weighted by atomic mass is 32.2. The van der Waals surface area contributed by atoms with Gasteiger partial charge in [-0.2, -0.15) is 0 Å². The molecule has 7 heteroatoms. The normalized spacial score (nSPS) is 18.6. The smallest absolute Gasteiger partial charge is 0.345 e. The Kier molecular flexibility index (Phi) is 2.98. The Morgan fingerprint density at radius 1 is 1.40 bits per heavy atom. The molecule has 0 amide bonds. The van der Waals surface area contributed by atoms with Gasteiger partial charge in [0, 0.05) is 22.9 Å². The van der Waals surface area contributed by atoms with Crippen molar-refractivity contribution in [1.82, 2.24) is 0 Å². The standard InChI is InChI=1S/C13H12O5S2/c1-20(16,17)12-2-3-18-9-6-10-7(4-8(9)12)5-11(19-10)13(14)15/h4-6,12H,2-3H2,1H3,(H,14,15). The number of aromatic carboxylic acids is 1. The fourth-order valence-electron chi connectivity index (χ4n) is 2.44. The summed E-state index contributed by atoms with van der Waals surface area (Å²) in [5, 5.41) is 9.18. The first-order valence-electron chi connectivity index (χ1n) is 5.99. The summed E-state index contributed by atoms with van der Waals surface area (Å²) >= 11 is 1.16. The van der Waals surface area contributed by atoms with Crippen LogP contribution in [0.1, 0.15) is 26.9 Å². The van der Waals surface area contributed by atoms with E-state index in [4.69, 9.17) is 9.84 Å². The zero-order valence-electron chi connectivity index (χ0n) is 10.6. The number of fused-ring (bicyclic) bond motifs is 2. The Bertz CT molecular complexity index is 804. The van der Waals surface area contributed by atoms with Crippen molar-refractivity contribution in [3.63, 3.8) is 0 Å². The average Bonchev–Trinajstić information content (AvgIpc) is 2.76. The van der Waals surface area contributed by atoms with Crippen LogP contribution in [0.3, 0.4) is 0 Å². The van der Waals surface area contributed by atoms with E-state index in [1.807, 2.05) is 0 Å². The minimum absolute atomic E-state index is 0.234. The summed E-state index contributed by atoms with van der Waals surface area (Å²) < 4.78 is 30.0. The first-order valence-corrected chi connectivity index (χ1v) is 8.76. The van der Waals surface area contributed by atoms with Crippen LogP contribution < -0.4 is 4.74 Å². The van der Waals surface area contributed by atoms with Crippen molar-refractivity contribution in [2.75, 3.05) is 12.9 Å². The lowest BCUT2D eigenvalue weighted by Crippen LogP contribution is -2.20. The van der Waals surface area contributed by atoms with E-state index in [0.717, 1.165) is 21.4 Å². The van der Waals surface area contributed by atoms with E-state index >= 15 is 0 Å². The number of rotatable bonds is 2. The van der Waals surface area contributed by atoms with Gasteiger partial charge in [0.15, 0.2) is 9.84 Å². The third kappa shape index (κ3) is 2.16. The van der Waals surface area contributed by atoms with Gasteiger partial charge in [-0.25, -0.2) is 13.2 Å². The maximum Gasteiger partial charge on any atom is 0.345 e. The molecule has 0 bridgehead atoms. The van der Waals surface area contributed by atoms with Crippen molar-refractivity contribution in [3.05, 3.63) is 28.6 Å². The monoisotopic (exact) mass is 312 g/mol. The molecule has 0 radical (unpaired) electrons. The van der Waals surface area contributed by atoms with E-state index in [9.17, 15) is 13.2 Å². The highest BCUT2D eigenvalue weighted by molar-refractivity contribution is 7.90. The summed E-state index contributed by atoms with van der Waals surface area (Å²) in [5.41, 5.74) is 0.626. The Morgan fingerprint density at radius 2 is 2.15 bits per heavy atom. The van der Waals surface area contributed by atoms with Crippen molar-refractivity contribution >= 4 is 37.2 Å². The largest absolute Gasteiger partial charge is 0.493 e. The molecule has 1 aromatic carbocycles. The van der Waals surface area contributed by atoms with E-state index in [0.29, 0.717) is 24.3 Å². The fraction of sp³-hybridized carbons (Fsp3) is 0.308. The van der Waals surface area contributed by atoms with Crippen LogP contribution in [0.4, 0.5) is 0 Å².